The van der Waals surface area contributed by atoms with Gasteiger partial charge in [0, 0.05) is 11.1 Å². The lowest BCUT2D eigenvalue weighted by Gasteiger charge is -2.28. The summed E-state index contributed by atoms with van der Waals surface area (Å²) in [4.78, 5) is 0. The highest BCUT2D eigenvalue weighted by Crippen LogP contribution is 2.29. The molecule has 1 aromatic heterocycles. The van der Waals surface area contributed by atoms with E-state index in [4.69, 9.17) is 9.15 Å². The van der Waals surface area contributed by atoms with Gasteiger partial charge in [0.2, 0.25) is 0 Å². The van der Waals surface area contributed by atoms with Crippen molar-refractivity contribution >= 4 is 0 Å². The molecule has 0 aliphatic heterocycles. The number of rotatable bonds is 5. The van der Waals surface area contributed by atoms with Crippen LogP contribution in [0.2, 0.25) is 0 Å². The lowest BCUT2D eigenvalue weighted by atomic mass is 9.93. The molecule has 0 fully saturated rings. The van der Waals surface area contributed by atoms with E-state index in [1.54, 1.807) is 7.11 Å². The monoisotopic (exact) mass is 259 g/mol. The van der Waals surface area contributed by atoms with E-state index in [-0.39, 0.29) is 5.54 Å². The Morgan fingerprint density at radius 3 is 2.53 bits per heavy atom. The number of para-hydroxylation sites is 1. The molecule has 0 bridgehead atoms. The standard InChI is InChI=1S/C16H21NO2/c1-12-9-10-13(19-12)11-17-16(2,3)14-7-5-6-8-15(14)18-4/h5-10,17H,11H2,1-4H3. The Morgan fingerprint density at radius 2 is 1.89 bits per heavy atom. The van der Waals surface area contributed by atoms with Gasteiger partial charge in [-0.15, -0.1) is 0 Å². The van der Waals surface area contributed by atoms with Crippen molar-refractivity contribution in [3.63, 3.8) is 0 Å². The second kappa shape index (κ2) is 5.49. The first kappa shape index (κ1) is 13.7. The van der Waals surface area contributed by atoms with E-state index in [0.29, 0.717) is 6.54 Å². The van der Waals surface area contributed by atoms with Crippen LogP contribution in [0.15, 0.2) is 40.8 Å². The maximum atomic E-state index is 5.58. The first-order chi connectivity index (χ1) is 9.03. The van der Waals surface area contributed by atoms with Crippen molar-refractivity contribution in [3.8, 4) is 5.75 Å². The lowest BCUT2D eigenvalue weighted by molar-refractivity contribution is 0.342. The summed E-state index contributed by atoms with van der Waals surface area (Å²) >= 11 is 0. The van der Waals surface area contributed by atoms with Crippen molar-refractivity contribution in [2.45, 2.75) is 32.9 Å². The van der Waals surface area contributed by atoms with Gasteiger partial charge in [-0.3, -0.25) is 0 Å². The first-order valence-electron chi connectivity index (χ1n) is 6.47. The van der Waals surface area contributed by atoms with Crippen LogP contribution in [0.25, 0.3) is 0 Å². The van der Waals surface area contributed by atoms with Crippen LogP contribution in [0.5, 0.6) is 5.75 Å². The fourth-order valence-corrected chi connectivity index (χ4v) is 2.14. The highest BCUT2D eigenvalue weighted by molar-refractivity contribution is 5.38. The van der Waals surface area contributed by atoms with Crippen molar-refractivity contribution in [3.05, 3.63) is 53.5 Å². The van der Waals surface area contributed by atoms with Gasteiger partial charge in [0.05, 0.1) is 13.7 Å². The fraction of sp³-hybridized carbons (Fsp3) is 0.375. The van der Waals surface area contributed by atoms with Crippen LogP contribution < -0.4 is 10.1 Å². The zero-order valence-corrected chi connectivity index (χ0v) is 12.0. The van der Waals surface area contributed by atoms with Gasteiger partial charge in [-0.25, -0.2) is 0 Å². The summed E-state index contributed by atoms with van der Waals surface area (Å²) in [7, 11) is 1.70. The molecule has 0 radical (unpaired) electrons. The van der Waals surface area contributed by atoms with Crippen LogP contribution in [0.1, 0.15) is 30.9 Å². The zero-order valence-electron chi connectivity index (χ0n) is 12.0. The third-order valence-corrected chi connectivity index (χ3v) is 3.28. The van der Waals surface area contributed by atoms with E-state index in [0.717, 1.165) is 22.8 Å². The third-order valence-electron chi connectivity index (χ3n) is 3.28. The van der Waals surface area contributed by atoms with Crippen molar-refractivity contribution < 1.29 is 9.15 Å². The Kier molecular flexibility index (Phi) is 3.96. The normalized spacial score (nSPS) is 11.6. The average Bonchev–Trinajstić information content (AvgIpc) is 2.82. The highest BCUT2D eigenvalue weighted by Gasteiger charge is 2.23. The minimum Gasteiger partial charge on any atom is -0.496 e. The molecule has 0 amide bonds. The number of nitrogens with one attached hydrogen (secondary N) is 1. The maximum absolute atomic E-state index is 5.58. The smallest absolute Gasteiger partial charge is 0.123 e. The second-order valence-corrected chi connectivity index (χ2v) is 5.19. The van der Waals surface area contributed by atoms with Crippen molar-refractivity contribution in [1.29, 1.82) is 0 Å². The van der Waals surface area contributed by atoms with E-state index in [1.165, 1.54) is 0 Å². The van der Waals surface area contributed by atoms with Gasteiger partial charge in [-0.1, -0.05) is 18.2 Å². The van der Waals surface area contributed by atoms with Crippen LogP contribution >= 0.6 is 0 Å². The Labute approximate surface area is 114 Å². The van der Waals surface area contributed by atoms with Crippen LogP contribution in [0, 0.1) is 6.92 Å². The molecule has 0 atom stereocenters. The fourth-order valence-electron chi connectivity index (χ4n) is 2.14. The average molecular weight is 259 g/mol. The van der Waals surface area contributed by atoms with E-state index in [9.17, 15) is 0 Å². The van der Waals surface area contributed by atoms with E-state index >= 15 is 0 Å². The van der Waals surface area contributed by atoms with Crippen LogP contribution in [0.4, 0.5) is 0 Å². The first-order valence-corrected chi connectivity index (χ1v) is 6.47. The topological polar surface area (TPSA) is 34.4 Å². The van der Waals surface area contributed by atoms with Gasteiger partial charge in [0.1, 0.15) is 17.3 Å². The summed E-state index contributed by atoms with van der Waals surface area (Å²) in [6.45, 7) is 6.93. The summed E-state index contributed by atoms with van der Waals surface area (Å²) in [5.74, 6) is 2.78. The second-order valence-electron chi connectivity index (χ2n) is 5.19. The minimum atomic E-state index is -0.187. The molecule has 0 saturated heterocycles. The van der Waals surface area contributed by atoms with Crippen molar-refractivity contribution in [2.24, 2.45) is 0 Å². The van der Waals surface area contributed by atoms with Crippen molar-refractivity contribution in [1.82, 2.24) is 5.32 Å². The number of hydrogen-bond acceptors (Lipinski definition) is 3. The Bertz CT molecular complexity index is 543. The van der Waals surface area contributed by atoms with E-state index < -0.39 is 0 Å². The van der Waals surface area contributed by atoms with Gasteiger partial charge in [0.25, 0.3) is 0 Å². The van der Waals surface area contributed by atoms with Gasteiger partial charge in [-0.05, 0) is 39.0 Å². The number of methoxy groups -OCH3 is 1. The SMILES string of the molecule is COc1ccccc1C(C)(C)NCc1ccc(C)o1. The number of hydrogen-bond donors (Lipinski definition) is 1. The zero-order chi connectivity index (χ0) is 13.9. The predicted octanol–water partition coefficient (Wildman–Crippen LogP) is 3.62. The predicted molar refractivity (Wildman–Crippen MR) is 76.3 cm³/mol. The third kappa shape index (κ3) is 3.18. The van der Waals surface area contributed by atoms with Gasteiger partial charge in [0.15, 0.2) is 0 Å². The van der Waals surface area contributed by atoms with Gasteiger partial charge in [-0.2, -0.15) is 0 Å². The summed E-state index contributed by atoms with van der Waals surface area (Å²) in [5, 5.41) is 3.51. The molecule has 0 spiro atoms. The molecule has 0 aliphatic carbocycles. The summed E-state index contributed by atoms with van der Waals surface area (Å²) < 4.78 is 11.0. The van der Waals surface area contributed by atoms with Crippen LogP contribution in [-0.4, -0.2) is 7.11 Å². The van der Waals surface area contributed by atoms with Crippen LogP contribution in [-0.2, 0) is 12.1 Å². The molecule has 3 nitrogen and oxygen atoms in total. The molecule has 3 heteroatoms. The lowest BCUT2D eigenvalue weighted by Crippen LogP contribution is -2.36. The Balaban J connectivity index is 2.13. The quantitative estimate of drug-likeness (QED) is 0.890. The molecule has 0 unspecified atom stereocenters. The van der Waals surface area contributed by atoms with E-state index in [2.05, 4.69) is 25.2 Å². The number of benzene rings is 1. The van der Waals surface area contributed by atoms with Gasteiger partial charge < -0.3 is 14.5 Å². The molecular formula is C16H21NO2. The highest BCUT2D eigenvalue weighted by atomic mass is 16.5. The van der Waals surface area contributed by atoms with E-state index in [1.807, 2.05) is 37.3 Å². The molecular weight excluding hydrogens is 238 g/mol. The molecule has 0 saturated carbocycles. The maximum Gasteiger partial charge on any atom is 0.123 e. The van der Waals surface area contributed by atoms with Crippen molar-refractivity contribution in [2.75, 3.05) is 7.11 Å². The summed E-state index contributed by atoms with van der Waals surface area (Å²) in [5.41, 5.74) is 0.952. The van der Waals surface area contributed by atoms with Gasteiger partial charge >= 0.3 is 0 Å². The summed E-state index contributed by atoms with van der Waals surface area (Å²) in [6, 6.07) is 12.1. The molecule has 1 N–H and O–H groups in total. The molecule has 2 aromatic rings. The molecule has 0 aliphatic rings. The van der Waals surface area contributed by atoms with Crippen LogP contribution in [0.3, 0.4) is 0 Å². The largest absolute Gasteiger partial charge is 0.496 e. The number of furan rings is 1. The molecule has 1 aromatic carbocycles. The molecule has 2 rings (SSSR count). The minimum absolute atomic E-state index is 0.187. The molecule has 19 heavy (non-hydrogen) atoms. The Hall–Kier alpha value is -1.74. The number of ether oxygens (including phenoxy) is 1. The Morgan fingerprint density at radius 1 is 1.16 bits per heavy atom. The number of aryl methyl sites for hydroxylation is 1. The molecule has 102 valence electrons. The summed E-state index contributed by atoms with van der Waals surface area (Å²) in [6.07, 6.45) is 0. The molecule has 1 heterocycles.